The van der Waals surface area contributed by atoms with E-state index in [2.05, 4.69) is 36.9 Å². The average molecular weight is 757 g/mol. The second kappa shape index (κ2) is 13.9. The van der Waals surface area contributed by atoms with E-state index in [1.807, 2.05) is 31.2 Å². The van der Waals surface area contributed by atoms with Crippen molar-refractivity contribution < 1.29 is 23.9 Å². The van der Waals surface area contributed by atoms with Crippen LogP contribution in [-0.4, -0.2) is 28.7 Å². The van der Waals surface area contributed by atoms with Gasteiger partial charge in [-0.05, 0) is 89.8 Å². The Morgan fingerprint density at radius 1 is 1.07 bits per heavy atom. The third kappa shape index (κ3) is 6.95. The zero-order valence-electron chi connectivity index (χ0n) is 24.4. The number of nitro groups is 1. The van der Waals surface area contributed by atoms with E-state index in [9.17, 15) is 19.7 Å². The van der Waals surface area contributed by atoms with Crippen LogP contribution in [-0.2, 0) is 16.1 Å². The Morgan fingerprint density at radius 2 is 1.78 bits per heavy atom. The van der Waals surface area contributed by atoms with Gasteiger partial charge in [0.2, 0.25) is 5.75 Å². The summed E-state index contributed by atoms with van der Waals surface area (Å²) in [6, 6.07) is 16.8. The molecular formula is C32H27Br2N3O7S. The molecule has 2 heterocycles. The van der Waals surface area contributed by atoms with Crippen LogP contribution in [0.2, 0.25) is 0 Å². The van der Waals surface area contributed by atoms with Crippen molar-refractivity contribution in [1.29, 1.82) is 0 Å². The Labute approximate surface area is 278 Å². The Kier molecular flexibility index (Phi) is 10.0. The highest BCUT2D eigenvalue weighted by atomic mass is 79.9. The largest absolute Gasteiger partial charge is 0.494 e. The molecule has 0 bridgehead atoms. The maximum absolute atomic E-state index is 14.0. The summed E-state index contributed by atoms with van der Waals surface area (Å²) in [6.45, 7) is 6.08. The topological polar surface area (TPSA) is 122 Å². The van der Waals surface area contributed by atoms with Crippen molar-refractivity contribution in [2.75, 3.05) is 13.2 Å². The molecule has 0 fully saturated rings. The van der Waals surface area contributed by atoms with Gasteiger partial charge in [-0.1, -0.05) is 51.5 Å². The van der Waals surface area contributed by atoms with Gasteiger partial charge >= 0.3 is 11.7 Å². The zero-order valence-corrected chi connectivity index (χ0v) is 28.4. The van der Waals surface area contributed by atoms with Gasteiger partial charge in [-0.25, -0.2) is 9.79 Å². The number of nitro benzene ring substituents is 1. The summed E-state index contributed by atoms with van der Waals surface area (Å²) in [5.74, 6) is 0.167. The summed E-state index contributed by atoms with van der Waals surface area (Å²) < 4.78 is 19.8. The van der Waals surface area contributed by atoms with Crippen LogP contribution < -0.4 is 24.4 Å². The molecule has 0 amide bonds. The summed E-state index contributed by atoms with van der Waals surface area (Å²) >= 11 is 7.93. The summed E-state index contributed by atoms with van der Waals surface area (Å²) in [5.41, 5.74) is 1.96. The standard InChI is InChI=1S/C32H27Br2N3O7S/c1-4-42-23-12-8-21(9-13-23)28-27(31(39)43-5-2)18(3)35-32-36(28)30(38)26(45-32)16-20-14-24(34)29(25(15-20)37(40)41)44-17-19-6-10-22(33)11-7-19/h6-16,28H,4-5,17H2,1-3H3/b26-16-/t28-/m1/s1. The van der Waals surface area contributed by atoms with Crippen LogP contribution in [0.1, 0.15) is 43.5 Å². The molecule has 3 aromatic carbocycles. The zero-order chi connectivity index (χ0) is 32.2. The summed E-state index contributed by atoms with van der Waals surface area (Å²) in [5, 5.41) is 12.1. The molecule has 0 unspecified atom stereocenters. The molecule has 1 aliphatic heterocycles. The van der Waals surface area contributed by atoms with Crippen molar-refractivity contribution in [2.45, 2.75) is 33.4 Å². The molecule has 1 aromatic heterocycles. The summed E-state index contributed by atoms with van der Waals surface area (Å²) in [7, 11) is 0. The minimum Gasteiger partial charge on any atom is -0.494 e. The number of allylic oxidation sites excluding steroid dienone is 1. The highest BCUT2D eigenvalue weighted by Crippen LogP contribution is 2.37. The second-order valence-corrected chi connectivity index (χ2v) is 12.6. The van der Waals surface area contributed by atoms with E-state index >= 15 is 0 Å². The van der Waals surface area contributed by atoms with E-state index in [1.54, 1.807) is 50.3 Å². The Morgan fingerprint density at radius 3 is 2.42 bits per heavy atom. The van der Waals surface area contributed by atoms with Gasteiger partial charge < -0.3 is 14.2 Å². The van der Waals surface area contributed by atoms with E-state index in [4.69, 9.17) is 14.2 Å². The van der Waals surface area contributed by atoms with Crippen molar-refractivity contribution in [3.05, 3.63) is 127 Å². The number of esters is 1. The first-order chi connectivity index (χ1) is 21.6. The molecule has 0 N–H and O–H groups in total. The Bertz CT molecular complexity index is 1980. The molecule has 0 spiro atoms. The number of nitrogens with zero attached hydrogens (tertiary/aromatic N) is 3. The fraction of sp³-hybridized carbons (Fsp3) is 0.219. The molecular weight excluding hydrogens is 730 g/mol. The van der Waals surface area contributed by atoms with E-state index in [-0.39, 0.29) is 34.8 Å². The predicted molar refractivity (Wildman–Crippen MR) is 177 cm³/mol. The number of halogens is 2. The monoisotopic (exact) mass is 755 g/mol. The van der Waals surface area contributed by atoms with Gasteiger partial charge in [0.05, 0.1) is 44.5 Å². The van der Waals surface area contributed by atoms with Crippen molar-refractivity contribution in [1.82, 2.24) is 4.57 Å². The lowest BCUT2D eigenvalue weighted by Gasteiger charge is -2.24. The van der Waals surface area contributed by atoms with Crippen LogP contribution in [0.5, 0.6) is 11.5 Å². The van der Waals surface area contributed by atoms with Gasteiger partial charge in [0.1, 0.15) is 12.4 Å². The quantitative estimate of drug-likeness (QED) is 0.107. The third-order valence-corrected chi connectivity index (χ3v) is 8.96. The molecule has 0 saturated heterocycles. The van der Waals surface area contributed by atoms with Gasteiger partial charge in [-0.15, -0.1) is 0 Å². The number of thiazole rings is 1. The van der Waals surface area contributed by atoms with E-state index in [1.165, 1.54) is 10.6 Å². The first kappa shape index (κ1) is 32.3. The number of fused-ring (bicyclic) bond motifs is 1. The molecule has 10 nitrogen and oxygen atoms in total. The van der Waals surface area contributed by atoms with Crippen LogP contribution in [0.25, 0.3) is 6.08 Å². The summed E-state index contributed by atoms with van der Waals surface area (Å²) in [4.78, 5) is 43.6. The minimum absolute atomic E-state index is 0.0757. The van der Waals surface area contributed by atoms with Crippen LogP contribution >= 0.6 is 43.2 Å². The molecule has 1 atom stereocenters. The summed E-state index contributed by atoms with van der Waals surface area (Å²) in [6.07, 6.45) is 1.57. The molecule has 5 rings (SSSR count). The van der Waals surface area contributed by atoms with E-state index < -0.39 is 22.5 Å². The first-order valence-electron chi connectivity index (χ1n) is 13.9. The number of rotatable bonds is 10. The van der Waals surface area contributed by atoms with Crippen LogP contribution in [0.15, 0.2) is 90.7 Å². The fourth-order valence-electron chi connectivity index (χ4n) is 4.87. The number of hydrogen-bond acceptors (Lipinski definition) is 9. The molecule has 13 heteroatoms. The van der Waals surface area contributed by atoms with Gasteiger partial charge in [0.25, 0.3) is 5.56 Å². The van der Waals surface area contributed by atoms with Crippen LogP contribution in [0.3, 0.4) is 0 Å². The maximum Gasteiger partial charge on any atom is 0.338 e. The normalized spacial score (nSPS) is 14.5. The first-order valence-corrected chi connectivity index (χ1v) is 16.3. The van der Waals surface area contributed by atoms with Crippen LogP contribution in [0.4, 0.5) is 5.69 Å². The SMILES string of the molecule is CCOC(=O)C1=C(C)N=c2s/c(=C\c3cc(Br)c(OCc4ccc(Br)cc4)c([N+](=O)[O-])c3)c(=O)n2[C@@H]1c1ccc(OCC)cc1. The average Bonchev–Trinajstić information content (AvgIpc) is 3.30. The molecule has 0 saturated carbocycles. The fourth-order valence-corrected chi connectivity index (χ4v) is 6.76. The molecule has 232 valence electrons. The molecule has 0 aliphatic carbocycles. The maximum atomic E-state index is 14.0. The molecule has 1 aliphatic rings. The lowest BCUT2D eigenvalue weighted by Crippen LogP contribution is -2.39. The van der Waals surface area contributed by atoms with Crippen LogP contribution in [0, 0.1) is 10.1 Å². The highest BCUT2D eigenvalue weighted by molar-refractivity contribution is 9.10. The van der Waals surface area contributed by atoms with Crippen molar-refractivity contribution in [3.63, 3.8) is 0 Å². The van der Waals surface area contributed by atoms with E-state index in [0.29, 0.717) is 38.5 Å². The smallest absolute Gasteiger partial charge is 0.338 e. The van der Waals surface area contributed by atoms with Gasteiger partial charge in [0.15, 0.2) is 4.80 Å². The number of hydrogen-bond donors (Lipinski definition) is 0. The predicted octanol–water partition coefficient (Wildman–Crippen LogP) is 6.21. The Balaban J connectivity index is 1.58. The van der Waals surface area contributed by atoms with Crippen molar-refractivity contribution in [3.8, 4) is 11.5 Å². The lowest BCUT2D eigenvalue weighted by atomic mass is 9.96. The van der Waals surface area contributed by atoms with Gasteiger partial charge in [0, 0.05) is 10.5 Å². The minimum atomic E-state index is -0.798. The van der Waals surface area contributed by atoms with Gasteiger partial charge in [-0.2, -0.15) is 0 Å². The number of benzene rings is 3. The highest BCUT2D eigenvalue weighted by Gasteiger charge is 2.33. The lowest BCUT2D eigenvalue weighted by molar-refractivity contribution is -0.386. The number of carbonyl (C=O) groups excluding carboxylic acids is 1. The number of ether oxygens (including phenoxy) is 3. The second-order valence-electron chi connectivity index (χ2n) is 9.83. The van der Waals surface area contributed by atoms with Crippen molar-refractivity contribution >= 4 is 60.9 Å². The number of carbonyl (C=O) groups is 1. The van der Waals surface area contributed by atoms with E-state index in [0.717, 1.165) is 21.4 Å². The molecule has 4 aromatic rings. The number of aromatic nitrogens is 1. The third-order valence-electron chi connectivity index (χ3n) is 6.86. The van der Waals surface area contributed by atoms with Crippen molar-refractivity contribution in [2.24, 2.45) is 4.99 Å². The Hall–Kier alpha value is -4.07. The molecule has 45 heavy (non-hydrogen) atoms. The molecule has 0 radical (unpaired) electrons. The van der Waals surface area contributed by atoms with Gasteiger partial charge in [-0.3, -0.25) is 19.5 Å².